The Bertz CT molecular complexity index is 1120. The van der Waals surface area contributed by atoms with Crippen LogP contribution in [0.4, 0.5) is 5.69 Å². The molecule has 0 radical (unpaired) electrons. The van der Waals surface area contributed by atoms with Crippen LogP contribution in [0, 0.1) is 3.57 Å². The molecule has 0 N–H and O–H groups in total. The molecule has 0 aromatic heterocycles. The number of methoxy groups -OCH3 is 3. The van der Waals surface area contributed by atoms with Gasteiger partial charge in [0.1, 0.15) is 6.73 Å². The van der Waals surface area contributed by atoms with Crippen LogP contribution in [0.15, 0.2) is 42.5 Å². The molecule has 1 amide bonds. The molecular formula is C22H20INO6. The van der Waals surface area contributed by atoms with Gasteiger partial charge in [0.2, 0.25) is 6.79 Å². The number of ether oxygens (including phenoxy) is 5. The minimum Gasteiger partial charge on any atom is -0.493 e. The molecule has 0 fully saturated rings. The number of fused-ring (bicyclic) bond motifs is 2. The molecule has 0 bridgehead atoms. The summed E-state index contributed by atoms with van der Waals surface area (Å²) in [6.45, 7) is 0.240. The molecule has 30 heavy (non-hydrogen) atoms. The Balaban J connectivity index is 1.88. The van der Waals surface area contributed by atoms with Gasteiger partial charge in [-0.25, -0.2) is 0 Å². The van der Waals surface area contributed by atoms with Gasteiger partial charge in [-0.05, 0) is 58.3 Å². The van der Waals surface area contributed by atoms with Crippen LogP contribution < -0.4 is 23.8 Å². The number of carbonyl (C=O) groups is 1. The van der Waals surface area contributed by atoms with E-state index in [0.29, 0.717) is 34.2 Å². The number of nitrogens with zero attached hydrogens (tertiary/aromatic N) is 1. The predicted molar refractivity (Wildman–Crippen MR) is 121 cm³/mol. The van der Waals surface area contributed by atoms with E-state index in [1.165, 1.54) is 7.11 Å². The second kappa shape index (κ2) is 8.57. The molecule has 0 aliphatic carbocycles. The zero-order valence-corrected chi connectivity index (χ0v) is 18.9. The largest absolute Gasteiger partial charge is 0.493 e. The minimum atomic E-state index is -0.262. The lowest BCUT2D eigenvalue weighted by atomic mass is 10.1. The molecular weight excluding hydrogens is 501 g/mol. The second-order valence-electron chi connectivity index (χ2n) is 6.51. The molecule has 0 unspecified atom stereocenters. The maximum absolute atomic E-state index is 13.7. The summed E-state index contributed by atoms with van der Waals surface area (Å²) in [6.07, 6.45) is 0. The summed E-state index contributed by atoms with van der Waals surface area (Å²) >= 11 is 2.12. The molecule has 3 aromatic rings. The van der Waals surface area contributed by atoms with Crippen molar-refractivity contribution in [3.05, 3.63) is 51.6 Å². The van der Waals surface area contributed by atoms with Crippen LogP contribution in [0.3, 0.4) is 0 Å². The molecule has 4 rings (SSSR count). The van der Waals surface area contributed by atoms with E-state index >= 15 is 0 Å². The van der Waals surface area contributed by atoms with Crippen molar-refractivity contribution in [3.63, 3.8) is 0 Å². The highest BCUT2D eigenvalue weighted by Gasteiger charge is 2.28. The zero-order valence-electron chi connectivity index (χ0n) is 16.7. The highest BCUT2D eigenvalue weighted by molar-refractivity contribution is 14.1. The topological polar surface area (TPSA) is 66.5 Å². The fourth-order valence-electron chi connectivity index (χ4n) is 3.49. The Morgan fingerprint density at radius 2 is 1.83 bits per heavy atom. The van der Waals surface area contributed by atoms with Crippen LogP contribution in [-0.4, -0.2) is 40.8 Å². The molecule has 1 aliphatic rings. The van der Waals surface area contributed by atoms with Crippen molar-refractivity contribution in [1.29, 1.82) is 0 Å². The third kappa shape index (κ3) is 3.50. The predicted octanol–water partition coefficient (Wildman–Crippen LogP) is 4.44. The van der Waals surface area contributed by atoms with Gasteiger partial charge in [0.25, 0.3) is 5.91 Å². The lowest BCUT2D eigenvalue weighted by Gasteiger charge is -2.25. The standard InChI is InChI=1S/C22H20INO6/c1-26-11-24(22(25)20-15(23)7-8-17(27-2)21(20)28-3)16-6-4-5-13-9-18-19(10-14(13)16)30-12-29-18/h4-10H,11-12H2,1-3H3. The number of carbonyl (C=O) groups excluding carboxylic acids is 1. The van der Waals surface area contributed by atoms with Crippen LogP contribution in [0.2, 0.25) is 0 Å². The summed E-state index contributed by atoms with van der Waals surface area (Å²) in [6, 6.07) is 13.1. The summed E-state index contributed by atoms with van der Waals surface area (Å²) in [5.74, 6) is 1.94. The van der Waals surface area contributed by atoms with Crippen molar-refractivity contribution < 1.29 is 28.5 Å². The van der Waals surface area contributed by atoms with Crippen LogP contribution in [-0.2, 0) is 4.74 Å². The van der Waals surface area contributed by atoms with E-state index in [0.717, 1.165) is 14.3 Å². The van der Waals surface area contributed by atoms with Crippen LogP contribution in [0.5, 0.6) is 23.0 Å². The molecule has 156 valence electrons. The van der Waals surface area contributed by atoms with Crippen molar-refractivity contribution in [2.24, 2.45) is 0 Å². The van der Waals surface area contributed by atoms with Crippen molar-refractivity contribution in [1.82, 2.24) is 0 Å². The van der Waals surface area contributed by atoms with Crippen molar-refractivity contribution in [2.45, 2.75) is 0 Å². The van der Waals surface area contributed by atoms with Gasteiger partial charge >= 0.3 is 0 Å². The SMILES string of the molecule is COCN(C(=O)c1c(I)ccc(OC)c1OC)c1cccc2cc3c(cc12)OCO3. The smallest absolute Gasteiger partial charge is 0.265 e. The maximum atomic E-state index is 13.7. The summed E-state index contributed by atoms with van der Waals surface area (Å²) in [5, 5.41) is 1.78. The fraction of sp³-hybridized carbons (Fsp3) is 0.227. The summed E-state index contributed by atoms with van der Waals surface area (Å²) in [4.78, 5) is 15.3. The molecule has 0 atom stereocenters. The average Bonchev–Trinajstić information content (AvgIpc) is 3.22. The highest BCUT2D eigenvalue weighted by Crippen LogP contribution is 2.41. The summed E-state index contributed by atoms with van der Waals surface area (Å²) in [7, 11) is 4.61. The van der Waals surface area contributed by atoms with Crippen LogP contribution >= 0.6 is 22.6 Å². The Morgan fingerprint density at radius 3 is 2.53 bits per heavy atom. The van der Waals surface area contributed by atoms with E-state index in [2.05, 4.69) is 22.6 Å². The Hall–Kier alpha value is -2.72. The number of anilines is 1. The van der Waals surface area contributed by atoms with Crippen molar-refractivity contribution in [2.75, 3.05) is 39.8 Å². The van der Waals surface area contributed by atoms with E-state index in [1.807, 2.05) is 36.4 Å². The van der Waals surface area contributed by atoms with Gasteiger partial charge in [0.05, 0.1) is 25.5 Å². The van der Waals surface area contributed by atoms with Gasteiger partial charge in [-0.2, -0.15) is 0 Å². The maximum Gasteiger partial charge on any atom is 0.265 e. The van der Waals surface area contributed by atoms with E-state index in [-0.39, 0.29) is 19.4 Å². The monoisotopic (exact) mass is 521 g/mol. The van der Waals surface area contributed by atoms with Crippen molar-refractivity contribution >= 4 is 45.0 Å². The van der Waals surface area contributed by atoms with E-state index in [1.54, 1.807) is 25.2 Å². The lowest BCUT2D eigenvalue weighted by molar-refractivity contribution is 0.0932. The second-order valence-corrected chi connectivity index (χ2v) is 7.67. The van der Waals surface area contributed by atoms with E-state index in [9.17, 15) is 4.79 Å². The van der Waals surface area contributed by atoms with Gasteiger partial charge in [0.15, 0.2) is 23.0 Å². The normalized spacial score (nSPS) is 12.1. The quantitative estimate of drug-likeness (QED) is 0.353. The molecule has 0 spiro atoms. The summed E-state index contributed by atoms with van der Waals surface area (Å²) in [5.41, 5.74) is 1.10. The first-order chi connectivity index (χ1) is 14.6. The molecule has 0 saturated carbocycles. The first-order valence-corrected chi connectivity index (χ1v) is 10.2. The molecule has 7 nitrogen and oxygen atoms in total. The minimum absolute atomic E-state index is 0.0584. The highest BCUT2D eigenvalue weighted by atomic mass is 127. The van der Waals surface area contributed by atoms with Crippen LogP contribution in [0.1, 0.15) is 10.4 Å². The number of hydrogen-bond acceptors (Lipinski definition) is 6. The summed E-state index contributed by atoms with van der Waals surface area (Å²) < 4.78 is 28.1. The number of rotatable bonds is 6. The van der Waals surface area contributed by atoms with E-state index in [4.69, 9.17) is 23.7 Å². The molecule has 0 saturated heterocycles. The third-order valence-corrected chi connectivity index (χ3v) is 5.75. The zero-order chi connectivity index (χ0) is 21.3. The number of hydrogen-bond donors (Lipinski definition) is 0. The number of amides is 1. The van der Waals surface area contributed by atoms with Crippen molar-refractivity contribution in [3.8, 4) is 23.0 Å². The van der Waals surface area contributed by atoms with Gasteiger partial charge in [-0.3, -0.25) is 9.69 Å². The fourth-order valence-corrected chi connectivity index (χ4v) is 4.14. The van der Waals surface area contributed by atoms with E-state index < -0.39 is 0 Å². The first-order valence-electron chi connectivity index (χ1n) is 9.12. The van der Waals surface area contributed by atoms with Gasteiger partial charge in [-0.1, -0.05) is 12.1 Å². The van der Waals surface area contributed by atoms with Gasteiger partial charge < -0.3 is 23.7 Å². The number of halogens is 1. The average molecular weight is 521 g/mol. The number of benzene rings is 3. The van der Waals surface area contributed by atoms with Gasteiger partial charge in [0, 0.05) is 16.1 Å². The van der Waals surface area contributed by atoms with Crippen LogP contribution in [0.25, 0.3) is 10.8 Å². The van der Waals surface area contributed by atoms with Gasteiger partial charge in [-0.15, -0.1) is 0 Å². The Morgan fingerprint density at radius 1 is 1.07 bits per heavy atom. The molecule has 1 heterocycles. The third-order valence-electron chi connectivity index (χ3n) is 4.85. The lowest BCUT2D eigenvalue weighted by Crippen LogP contribution is -2.33. The first kappa shape index (κ1) is 20.5. The Kier molecular flexibility index (Phi) is 5.87. The Labute approximate surface area is 187 Å². The molecule has 8 heteroatoms. The molecule has 1 aliphatic heterocycles. The molecule has 3 aromatic carbocycles.